The van der Waals surface area contributed by atoms with Crippen LogP contribution < -0.4 is 20.1 Å². The number of carbonyl (C=O) groups is 1. The first kappa shape index (κ1) is 16.4. The number of benzene rings is 1. The van der Waals surface area contributed by atoms with Gasteiger partial charge in [-0.2, -0.15) is 0 Å². The van der Waals surface area contributed by atoms with Gasteiger partial charge in [-0.25, -0.2) is 4.79 Å². The Morgan fingerprint density at radius 1 is 1.32 bits per heavy atom. The number of amides is 1. The van der Waals surface area contributed by atoms with Gasteiger partial charge in [0.05, 0.1) is 7.11 Å². The maximum atomic E-state index is 11.8. The summed E-state index contributed by atoms with van der Waals surface area (Å²) in [6, 6.07) is 5.29. The quantitative estimate of drug-likeness (QED) is 0.895. The Labute approximate surface area is 131 Å². The van der Waals surface area contributed by atoms with Crippen LogP contribution in [-0.4, -0.2) is 38.0 Å². The first-order valence-electron chi connectivity index (χ1n) is 7.43. The summed E-state index contributed by atoms with van der Waals surface area (Å²) >= 11 is 0. The summed E-state index contributed by atoms with van der Waals surface area (Å²) in [6.45, 7) is 7.26. The van der Waals surface area contributed by atoms with Crippen LogP contribution in [0.2, 0.25) is 0 Å². The standard InChI is InChI=1S/C16H24N2O4/c1-16(2,3)22-15(19)18-11-5-6-13(14(9-11)20-4)21-12-7-8-17-10-12/h5-6,9,12,17H,7-8,10H2,1-4H3,(H,18,19). The van der Waals surface area contributed by atoms with E-state index < -0.39 is 11.7 Å². The van der Waals surface area contributed by atoms with Crippen LogP contribution in [0.3, 0.4) is 0 Å². The first-order valence-corrected chi connectivity index (χ1v) is 7.43. The van der Waals surface area contributed by atoms with E-state index in [1.165, 1.54) is 0 Å². The number of hydrogen-bond donors (Lipinski definition) is 2. The smallest absolute Gasteiger partial charge is 0.412 e. The summed E-state index contributed by atoms with van der Waals surface area (Å²) in [4.78, 5) is 11.8. The van der Waals surface area contributed by atoms with Crippen LogP contribution >= 0.6 is 0 Å². The Bertz CT molecular complexity index is 519. The van der Waals surface area contributed by atoms with Crippen molar-refractivity contribution >= 4 is 11.8 Å². The molecule has 0 bridgehead atoms. The number of nitrogens with one attached hydrogen (secondary N) is 2. The lowest BCUT2D eigenvalue weighted by Crippen LogP contribution is -2.27. The molecule has 1 unspecified atom stereocenters. The molecular weight excluding hydrogens is 284 g/mol. The summed E-state index contributed by atoms with van der Waals surface area (Å²) < 4.78 is 16.5. The molecule has 22 heavy (non-hydrogen) atoms. The topological polar surface area (TPSA) is 68.8 Å². The molecule has 1 atom stereocenters. The molecule has 0 aromatic heterocycles. The molecule has 1 aromatic carbocycles. The third-order valence-electron chi connectivity index (χ3n) is 3.12. The van der Waals surface area contributed by atoms with Gasteiger partial charge in [-0.3, -0.25) is 5.32 Å². The van der Waals surface area contributed by atoms with Crippen LogP contribution in [0.1, 0.15) is 27.2 Å². The van der Waals surface area contributed by atoms with Gasteiger partial charge in [-0.1, -0.05) is 0 Å². The highest BCUT2D eigenvalue weighted by molar-refractivity contribution is 5.85. The average molecular weight is 308 g/mol. The van der Waals surface area contributed by atoms with Gasteiger partial charge in [-0.05, 0) is 45.9 Å². The minimum Gasteiger partial charge on any atom is -0.493 e. The molecule has 2 rings (SSSR count). The van der Waals surface area contributed by atoms with Crippen molar-refractivity contribution in [1.82, 2.24) is 5.32 Å². The van der Waals surface area contributed by atoms with Gasteiger partial charge in [0.1, 0.15) is 11.7 Å². The normalized spacial score (nSPS) is 17.9. The average Bonchev–Trinajstić information content (AvgIpc) is 2.91. The van der Waals surface area contributed by atoms with Crippen molar-refractivity contribution < 1.29 is 19.0 Å². The van der Waals surface area contributed by atoms with Crippen molar-refractivity contribution in [1.29, 1.82) is 0 Å². The fraction of sp³-hybridized carbons (Fsp3) is 0.562. The van der Waals surface area contributed by atoms with E-state index in [0.29, 0.717) is 17.2 Å². The van der Waals surface area contributed by atoms with E-state index in [2.05, 4.69) is 10.6 Å². The molecule has 0 radical (unpaired) electrons. The third-order valence-corrected chi connectivity index (χ3v) is 3.12. The van der Waals surface area contributed by atoms with Crippen molar-refractivity contribution in [2.75, 3.05) is 25.5 Å². The Morgan fingerprint density at radius 2 is 2.09 bits per heavy atom. The molecule has 0 aliphatic carbocycles. The highest BCUT2D eigenvalue weighted by atomic mass is 16.6. The largest absolute Gasteiger partial charge is 0.493 e. The summed E-state index contributed by atoms with van der Waals surface area (Å²) in [6.07, 6.45) is 0.628. The molecular formula is C16H24N2O4. The van der Waals surface area contributed by atoms with E-state index in [-0.39, 0.29) is 6.10 Å². The van der Waals surface area contributed by atoms with Gasteiger partial charge < -0.3 is 19.5 Å². The van der Waals surface area contributed by atoms with Crippen LogP contribution in [0.4, 0.5) is 10.5 Å². The fourth-order valence-corrected chi connectivity index (χ4v) is 2.17. The van der Waals surface area contributed by atoms with Gasteiger partial charge in [0.25, 0.3) is 0 Å². The minimum atomic E-state index is -0.535. The molecule has 0 saturated carbocycles. The Balaban J connectivity index is 2.03. The predicted molar refractivity (Wildman–Crippen MR) is 84.8 cm³/mol. The molecule has 6 heteroatoms. The molecule has 1 aromatic rings. The maximum Gasteiger partial charge on any atom is 0.412 e. The summed E-state index contributed by atoms with van der Waals surface area (Å²) in [5.74, 6) is 1.26. The van der Waals surface area contributed by atoms with Gasteiger partial charge in [-0.15, -0.1) is 0 Å². The molecule has 1 heterocycles. The molecule has 122 valence electrons. The molecule has 1 aliphatic rings. The molecule has 1 aliphatic heterocycles. The lowest BCUT2D eigenvalue weighted by atomic mass is 10.2. The van der Waals surface area contributed by atoms with Crippen LogP contribution in [0.5, 0.6) is 11.5 Å². The van der Waals surface area contributed by atoms with Gasteiger partial charge in [0.15, 0.2) is 11.5 Å². The summed E-state index contributed by atoms with van der Waals surface area (Å²) in [5.41, 5.74) is 0.0650. The number of methoxy groups -OCH3 is 1. The number of ether oxygens (including phenoxy) is 3. The summed E-state index contributed by atoms with van der Waals surface area (Å²) in [7, 11) is 1.58. The van der Waals surface area contributed by atoms with Crippen molar-refractivity contribution in [2.24, 2.45) is 0 Å². The first-order chi connectivity index (χ1) is 10.4. The minimum absolute atomic E-state index is 0.151. The predicted octanol–water partition coefficient (Wildman–Crippen LogP) is 2.78. The Hall–Kier alpha value is -1.95. The lowest BCUT2D eigenvalue weighted by Gasteiger charge is -2.20. The van der Waals surface area contributed by atoms with E-state index in [4.69, 9.17) is 14.2 Å². The number of carbonyl (C=O) groups excluding carboxylic acids is 1. The Morgan fingerprint density at radius 3 is 2.68 bits per heavy atom. The second kappa shape index (κ2) is 6.87. The maximum absolute atomic E-state index is 11.8. The van der Waals surface area contributed by atoms with Crippen molar-refractivity contribution in [3.63, 3.8) is 0 Å². The van der Waals surface area contributed by atoms with Gasteiger partial charge in [0.2, 0.25) is 0 Å². The highest BCUT2D eigenvalue weighted by Crippen LogP contribution is 2.31. The van der Waals surface area contributed by atoms with Crippen LogP contribution in [0, 0.1) is 0 Å². The highest BCUT2D eigenvalue weighted by Gasteiger charge is 2.19. The van der Waals surface area contributed by atoms with Crippen molar-refractivity contribution in [3.05, 3.63) is 18.2 Å². The zero-order valence-corrected chi connectivity index (χ0v) is 13.6. The van der Waals surface area contributed by atoms with Crippen molar-refractivity contribution in [3.8, 4) is 11.5 Å². The molecule has 1 saturated heterocycles. The number of hydrogen-bond acceptors (Lipinski definition) is 5. The fourth-order valence-electron chi connectivity index (χ4n) is 2.17. The second-order valence-corrected chi connectivity index (χ2v) is 6.23. The van der Waals surface area contributed by atoms with Crippen molar-refractivity contribution in [2.45, 2.75) is 38.9 Å². The van der Waals surface area contributed by atoms with Gasteiger partial charge >= 0.3 is 6.09 Å². The van der Waals surface area contributed by atoms with E-state index >= 15 is 0 Å². The molecule has 1 amide bonds. The van der Waals surface area contributed by atoms with Crippen LogP contribution in [0.25, 0.3) is 0 Å². The SMILES string of the molecule is COc1cc(NC(=O)OC(C)(C)C)ccc1OC1CCNC1. The second-order valence-electron chi connectivity index (χ2n) is 6.23. The molecule has 0 spiro atoms. The monoisotopic (exact) mass is 308 g/mol. The zero-order chi connectivity index (χ0) is 16.2. The van der Waals surface area contributed by atoms with E-state index in [1.807, 2.05) is 20.8 Å². The molecule has 2 N–H and O–H groups in total. The lowest BCUT2D eigenvalue weighted by molar-refractivity contribution is 0.0636. The van der Waals surface area contributed by atoms with Crippen LogP contribution in [0.15, 0.2) is 18.2 Å². The third kappa shape index (κ3) is 4.80. The number of rotatable bonds is 4. The van der Waals surface area contributed by atoms with E-state index in [0.717, 1.165) is 19.5 Å². The van der Waals surface area contributed by atoms with E-state index in [1.54, 1.807) is 25.3 Å². The molecule has 1 fully saturated rings. The zero-order valence-electron chi connectivity index (χ0n) is 13.6. The van der Waals surface area contributed by atoms with Crippen LogP contribution in [-0.2, 0) is 4.74 Å². The summed E-state index contributed by atoms with van der Waals surface area (Å²) in [5, 5.41) is 5.93. The van der Waals surface area contributed by atoms with Gasteiger partial charge in [0, 0.05) is 18.3 Å². The number of anilines is 1. The molecule has 6 nitrogen and oxygen atoms in total. The Kier molecular flexibility index (Phi) is 5.13. The van der Waals surface area contributed by atoms with E-state index in [9.17, 15) is 4.79 Å².